The summed E-state index contributed by atoms with van der Waals surface area (Å²) in [4.78, 5) is 12.7. The third kappa shape index (κ3) is 3.59. The summed E-state index contributed by atoms with van der Waals surface area (Å²) >= 11 is 0. The Morgan fingerprint density at radius 3 is 2.77 bits per heavy atom. The Labute approximate surface area is 172 Å². The molecule has 0 saturated carbocycles. The number of imidazole rings is 1. The van der Waals surface area contributed by atoms with E-state index in [9.17, 15) is 4.39 Å². The zero-order valence-electron chi connectivity index (χ0n) is 16.2. The second-order valence-electron chi connectivity index (χ2n) is 6.64. The number of rotatable bonds is 5. The molecular formula is C23H17FN6. The van der Waals surface area contributed by atoms with Crippen LogP contribution in [-0.2, 0) is 6.42 Å². The van der Waals surface area contributed by atoms with Crippen molar-refractivity contribution in [2.75, 3.05) is 0 Å². The molecule has 146 valence electrons. The van der Waals surface area contributed by atoms with E-state index >= 15 is 0 Å². The van der Waals surface area contributed by atoms with Gasteiger partial charge in [-0.15, -0.1) is 0 Å². The summed E-state index contributed by atoms with van der Waals surface area (Å²) in [7, 11) is 0. The highest BCUT2D eigenvalue weighted by molar-refractivity contribution is 5.66. The molecule has 0 aliphatic carbocycles. The van der Waals surface area contributed by atoms with Gasteiger partial charge in [-0.1, -0.05) is 24.3 Å². The highest BCUT2D eigenvalue weighted by Crippen LogP contribution is 2.24. The van der Waals surface area contributed by atoms with E-state index in [4.69, 9.17) is 5.26 Å². The van der Waals surface area contributed by atoms with Crippen LogP contribution in [0, 0.1) is 17.1 Å². The first-order valence-electron chi connectivity index (χ1n) is 9.25. The lowest BCUT2D eigenvalue weighted by Gasteiger charge is -2.07. The van der Waals surface area contributed by atoms with Gasteiger partial charge in [-0.05, 0) is 43.5 Å². The van der Waals surface area contributed by atoms with Gasteiger partial charge in [0.15, 0.2) is 0 Å². The first kappa shape index (κ1) is 19.2. The maximum absolute atomic E-state index is 14.0. The van der Waals surface area contributed by atoms with Gasteiger partial charge in [0.2, 0.25) is 0 Å². The number of hydrogen-bond donors (Lipinski definition) is 0. The number of nitriles is 1. The first-order chi connectivity index (χ1) is 14.6. The van der Waals surface area contributed by atoms with E-state index in [0.29, 0.717) is 23.5 Å². The van der Waals surface area contributed by atoms with E-state index < -0.39 is 5.82 Å². The van der Waals surface area contributed by atoms with Crippen molar-refractivity contribution in [2.45, 2.75) is 13.3 Å². The molecule has 0 spiro atoms. The van der Waals surface area contributed by atoms with E-state index in [1.54, 1.807) is 23.0 Å². The predicted octanol–water partition coefficient (Wildman–Crippen LogP) is 4.76. The minimum Gasteiger partial charge on any atom is -0.264 e. The van der Waals surface area contributed by atoms with Crippen LogP contribution >= 0.6 is 0 Å². The van der Waals surface area contributed by atoms with Crippen LogP contribution in [-0.4, -0.2) is 26.3 Å². The maximum atomic E-state index is 14.0. The smallest absolute Gasteiger partial charge is 0.250 e. The van der Waals surface area contributed by atoms with E-state index in [0.717, 1.165) is 22.5 Å². The van der Waals surface area contributed by atoms with Crippen molar-refractivity contribution < 1.29 is 4.39 Å². The van der Waals surface area contributed by atoms with Gasteiger partial charge in [-0.2, -0.15) is 10.4 Å². The molecule has 0 amide bonds. The molecule has 2 aromatic carbocycles. The van der Waals surface area contributed by atoms with Crippen molar-refractivity contribution in [2.24, 2.45) is 4.99 Å². The Morgan fingerprint density at radius 1 is 1.20 bits per heavy atom. The molecule has 0 aliphatic heterocycles. The van der Waals surface area contributed by atoms with Crippen LogP contribution in [0.15, 0.2) is 59.9 Å². The lowest BCUT2D eigenvalue weighted by Crippen LogP contribution is -2.02. The Hall–Kier alpha value is -4.18. The molecule has 0 bridgehead atoms. The largest absolute Gasteiger partial charge is 0.264 e. The Morgan fingerprint density at radius 2 is 2.03 bits per heavy atom. The molecule has 2 aromatic heterocycles. The number of nitrogens with zero attached hydrogens (tertiary/aromatic N) is 6. The Kier molecular flexibility index (Phi) is 5.14. The highest BCUT2D eigenvalue weighted by atomic mass is 19.1. The van der Waals surface area contributed by atoms with Crippen LogP contribution in [0.5, 0.6) is 0 Å². The molecule has 4 rings (SSSR count). The van der Waals surface area contributed by atoms with Gasteiger partial charge in [-0.25, -0.2) is 18.9 Å². The zero-order chi connectivity index (χ0) is 21.1. The summed E-state index contributed by atoms with van der Waals surface area (Å²) in [5.74, 6) is -0.129. The molecular weight excluding hydrogens is 379 g/mol. The van der Waals surface area contributed by atoms with Crippen molar-refractivity contribution in [3.8, 4) is 17.3 Å². The minimum absolute atomic E-state index is 0.00880. The molecule has 0 saturated heterocycles. The quantitative estimate of drug-likeness (QED) is 0.456. The second-order valence-corrected chi connectivity index (χ2v) is 6.64. The summed E-state index contributed by atoms with van der Waals surface area (Å²) in [6, 6.07) is 12.2. The third-order valence-corrected chi connectivity index (χ3v) is 4.68. The summed E-state index contributed by atoms with van der Waals surface area (Å²) in [5.41, 5.74) is 4.74. The summed E-state index contributed by atoms with van der Waals surface area (Å²) in [6.45, 7) is 5.57. The fourth-order valence-corrected chi connectivity index (χ4v) is 3.22. The minimum atomic E-state index is -0.588. The molecule has 0 atom stereocenters. The topological polar surface area (TPSA) is 79.2 Å². The van der Waals surface area contributed by atoms with Gasteiger partial charge in [0.25, 0.3) is 5.78 Å². The van der Waals surface area contributed by atoms with Crippen LogP contribution in [0.2, 0.25) is 0 Å². The fraction of sp³-hybridized carbons (Fsp3) is 0.0870. The number of halogens is 1. The molecule has 0 radical (unpaired) electrons. The standard InChI is InChI=1S/C23H17FN6/c1-3-4-16-9-15(5-8-21(16)26-2)10-19-13-27-23-28-14-22(29-30(19)23)17-6-7-18(12-25)20(24)11-17/h3-9,11,13-14H,2,10H2,1H3/b4-3-. The summed E-state index contributed by atoms with van der Waals surface area (Å²) in [5, 5.41) is 13.5. The fourth-order valence-electron chi connectivity index (χ4n) is 3.22. The zero-order valence-corrected chi connectivity index (χ0v) is 16.2. The number of aromatic nitrogens is 4. The van der Waals surface area contributed by atoms with E-state index in [2.05, 4.69) is 32.8 Å². The molecule has 2 heterocycles. The van der Waals surface area contributed by atoms with Gasteiger partial charge in [-0.3, -0.25) is 4.99 Å². The normalized spacial score (nSPS) is 11.1. The highest BCUT2D eigenvalue weighted by Gasteiger charge is 2.11. The van der Waals surface area contributed by atoms with Gasteiger partial charge in [0.1, 0.15) is 17.6 Å². The molecule has 30 heavy (non-hydrogen) atoms. The van der Waals surface area contributed by atoms with Crippen LogP contribution in [0.3, 0.4) is 0 Å². The lowest BCUT2D eigenvalue weighted by molar-refractivity contribution is 0.624. The van der Waals surface area contributed by atoms with Crippen molar-refractivity contribution in [3.05, 3.63) is 83.1 Å². The Balaban J connectivity index is 1.72. The molecule has 0 fully saturated rings. The summed E-state index contributed by atoms with van der Waals surface area (Å²) in [6.07, 6.45) is 7.80. The maximum Gasteiger partial charge on any atom is 0.250 e. The monoisotopic (exact) mass is 396 g/mol. The lowest BCUT2D eigenvalue weighted by atomic mass is 10.0. The predicted molar refractivity (Wildman–Crippen MR) is 114 cm³/mol. The first-order valence-corrected chi connectivity index (χ1v) is 9.25. The molecule has 6 nitrogen and oxygen atoms in total. The van der Waals surface area contributed by atoms with Gasteiger partial charge in [0.05, 0.1) is 29.3 Å². The second kappa shape index (κ2) is 8.05. The van der Waals surface area contributed by atoms with Gasteiger partial charge < -0.3 is 0 Å². The van der Waals surface area contributed by atoms with Crippen LogP contribution in [0.25, 0.3) is 23.1 Å². The molecule has 0 N–H and O–H groups in total. The molecule has 7 heteroatoms. The van der Waals surface area contributed by atoms with Crippen LogP contribution in [0.1, 0.15) is 29.3 Å². The molecule has 0 unspecified atom stereocenters. The number of benzene rings is 2. The van der Waals surface area contributed by atoms with Gasteiger partial charge >= 0.3 is 0 Å². The Bertz CT molecular complexity index is 1330. The SMILES string of the molecule is C=Nc1ccc(Cc2cnc3ncc(-c4ccc(C#N)c(F)c4)nn23)cc1/C=C\C. The van der Waals surface area contributed by atoms with Crippen molar-refractivity contribution in [1.29, 1.82) is 5.26 Å². The van der Waals surface area contributed by atoms with E-state index in [-0.39, 0.29) is 5.56 Å². The number of aliphatic imine (C=N–C) groups is 1. The van der Waals surface area contributed by atoms with Crippen LogP contribution in [0.4, 0.5) is 10.1 Å². The number of hydrogen-bond acceptors (Lipinski definition) is 5. The third-order valence-electron chi connectivity index (χ3n) is 4.68. The summed E-state index contributed by atoms with van der Waals surface area (Å²) < 4.78 is 15.7. The van der Waals surface area contributed by atoms with E-state index in [1.165, 1.54) is 12.1 Å². The van der Waals surface area contributed by atoms with Crippen molar-refractivity contribution in [3.63, 3.8) is 0 Å². The molecule has 4 aromatic rings. The van der Waals surface area contributed by atoms with Gasteiger partial charge in [0, 0.05) is 17.5 Å². The number of fused-ring (bicyclic) bond motifs is 1. The van der Waals surface area contributed by atoms with Crippen molar-refractivity contribution >= 4 is 24.3 Å². The average molecular weight is 396 g/mol. The van der Waals surface area contributed by atoms with E-state index in [1.807, 2.05) is 37.3 Å². The van der Waals surface area contributed by atoms with Crippen LogP contribution < -0.4 is 0 Å². The van der Waals surface area contributed by atoms with Crippen molar-refractivity contribution in [1.82, 2.24) is 19.6 Å². The number of allylic oxidation sites excluding steroid dienone is 1. The molecule has 0 aliphatic rings. The average Bonchev–Trinajstić information content (AvgIpc) is 3.16.